The summed E-state index contributed by atoms with van der Waals surface area (Å²) in [6.45, 7) is 2.02. The lowest BCUT2D eigenvalue weighted by atomic mass is 10.2. The van der Waals surface area contributed by atoms with E-state index in [0.717, 1.165) is 10.6 Å². The highest BCUT2D eigenvalue weighted by atomic mass is 32.1. The van der Waals surface area contributed by atoms with E-state index in [0.29, 0.717) is 10.8 Å². The maximum absolute atomic E-state index is 5.65. The van der Waals surface area contributed by atoms with Crippen molar-refractivity contribution in [1.29, 1.82) is 0 Å². The highest BCUT2D eigenvalue weighted by Crippen LogP contribution is 2.21. The summed E-state index contributed by atoms with van der Waals surface area (Å²) in [4.78, 5) is 8.84. The third kappa shape index (κ3) is 2.78. The van der Waals surface area contributed by atoms with Crippen LogP contribution in [0.2, 0.25) is 0 Å². The van der Waals surface area contributed by atoms with Gasteiger partial charge >= 0.3 is 0 Å². The molecule has 2 aromatic rings. The fourth-order valence-corrected chi connectivity index (χ4v) is 2.24. The molecule has 0 amide bonds. The van der Waals surface area contributed by atoms with Gasteiger partial charge < -0.3 is 11.1 Å². The molecule has 1 unspecified atom stereocenters. The fraction of sp³-hybridized carbons (Fsp3) is 0.182. The average molecular weight is 264 g/mol. The third-order valence-corrected chi connectivity index (χ3v) is 3.43. The molecule has 0 aliphatic carbocycles. The number of pyridine rings is 1. The number of nitrogens with one attached hydrogen (secondary N) is 1. The first-order valence-corrected chi connectivity index (χ1v) is 6.38. The van der Waals surface area contributed by atoms with Gasteiger partial charge in [-0.05, 0) is 19.1 Å². The Kier molecular flexibility index (Phi) is 3.65. The Labute approximate surface area is 109 Å². The summed E-state index contributed by atoms with van der Waals surface area (Å²) >= 11 is 6.59. The normalized spacial score (nSPS) is 12.1. The standard InChI is InChI=1S/C11H12N4S2/c1-7(11-14-5-6-17-11)15-10-8(9(12)16)3-2-4-13-10/h2-7H,1H3,(H2,12,16)(H,13,15). The molecule has 1 atom stereocenters. The first-order valence-electron chi connectivity index (χ1n) is 5.09. The maximum atomic E-state index is 5.65. The molecule has 0 radical (unpaired) electrons. The topological polar surface area (TPSA) is 63.8 Å². The molecule has 3 N–H and O–H groups in total. The molecule has 0 bridgehead atoms. The number of nitrogens with zero attached hydrogens (tertiary/aromatic N) is 2. The summed E-state index contributed by atoms with van der Waals surface area (Å²) < 4.78 is 0. The van der Waals surface area contributed by atoms with Gasteiger partial charge in [0.05, 0.1) is 11.6 Å². The molecule has 2 aromatic heterocycles. The molecule has 2 heterocycles. The number of thiocarbonyl (C=S) groups is 1. The molecule has 0 fully saturated rings. The molecule has 4 nitrogen and oxygen atoms in total. The van der Waals surface area contributed by atoms with E-state index in [1.54, 1.807) is 23.7 Å². The van der Waals surface area contributed by atoms with Crippen molar-refractivity contribution < 1.29 is 0 Å². The Hall–Kier alpha value is -1.53. The Morgan fingerprint density at radius 3 is 2.94 bits per heavy atom. The van der Waals surface area contributed by atoms with Crippen molar-refractivity contribution >= 4 is 34.4 Å². The van der Waals surface area contributed by atoms with Crippen LogP contribution < -0.4 is 11.1 Å². The SMILES string of the molecule is CC(Nc1ncccc1C(N)=S)c1nccs1. The van der Waals surface area contributed by atoms with Crippen LogP contribution in [-0.4, -0.2) is 15.0 Å². The minimum absolute atomic E-state index is 0.0815. The minimum atomic E-state index is 0.0815. The smallest absolute Gasteiger partial charge is 0.136 e. The van der Waals surface area contributed by atoms with E-state index in [1.807, 2.05) is 24.4 Å². The molecular weight excluding hydrogens is 252 g/mol. The number of hydrogen-bond acceptors (Lipinski definition) is 5. The number of aromatic nitrogens is 2. The molecular formula is C11H12N4S2. The zero-order valence-corrected chi connectivity index (χ0v) is 10.9. The van der Waals surface area contributed by atoms with E-state index in [1.165, 1.54) is 0 Å². The zero-order valence-electron chi connectivity index (χ0n) is 9.25. The van der Waals surface area contributed by atoms with Crippen molar-refractivity contribution in [2.24, 2.45) is 5.73 Å². The van der Waals surface area contributed by atoms with Crippen molar-refractivity contribution in [3.8, 4) is 0 Å². The van der Waals surface area contributed by atoms with Gasteiger partial charge in [-0.2, -0.15) is 0 Å². The average Bonchev–Trinajstić information content (AvgIpc) is 2.83. The monoisotopic (exact) mass is 264 g/mol. The summed E-state index contributed by atoms with van der Waals surface area (Å²) in [5.41, 5.74) is 6.40. The van der Waals surface area contributed by atoms with Gasteiger partial charge in [0.1, 0.15) is 15.8 Å². The van der Waals surface area contributed by atoms with E-state index in [-0.39, 0.29) is 6.04 Å². The molecule has 0 aromatic carbocycles. The van der Waals surface area contributed by atoms with Crippen LogP contribution in [0.3, 0.4) is 0 Å². The number of nitrogens with two attached hydrogens (primary N) is 1. The predicted octanol–water partition coefficient (Wildman–Crippen LogP) is 2.35. The Balaban J connectivity index is 2.21. The van der Waals surface area contributed by atoms with Gasteiger partial charge in [0, 0.05) is 17.8 Å². The highest BCUT2D eigenvalue weighted by Gasteiger charge is 2.12. The molecule has 6 heteroatoms. The second kappa shape index (κ2) is 5.20. The summed E-state index contributed by atoms with van der Waals surface area (Å²) in [5.74, 6) is 0.697. The van der Waals surface area contributed by atoms with E-state index in [9.17, 15) is 0 Å². The van der Waals surface area contributed by atoms with Gasteiger partial charge in [-0.15, -0.1) is 11.3 Å². The molecule has 17 heavy (non-hydrogen) atoms. The van der Waals surface area contributed by atoms with Crippen molar-refractivity contribution in [3.05, 3.63) is 40.5 Å². The van der Waals surface area contributed by atoms with Crippen molar-refractivity contribution in [1.82, 2.24) is 9.97 Å². The van der Waals surface area contributed by atoms with Gasteiger partial charge in [-0.25, -0.2) is 9.97 Å². The summed E-state index contributed by atoms with van der Waals surface area (Å²) in [7, 11) is 0. The van der Waals surface area contributed by atoms with Crippen LogP contribution in [0.15, 0.2) is 29.9 Å². The van der Waals surface area contributed by atoms with Crippen LogP contribution in [0.5, 0.6) is 0 Å². The predicted molar refractivity (Wildman–Crippen MR) is 74.3 cm³/mol. The quantitative estimate of drug-likeness (QED) is 0.830. The van der Waals surface area contributed by atoms with Crippen molar-refractivity contribution in [2.75, 3.05) is 5.32 Å². The molecule has 0 aliphatic heterocycles. The van der Waals surface area contributed by atoms with Gasteiger partial charge in [-0.3, -0.25) is 0 Å². The lowest BCUT2D eigenvalue weighted by Gasteiger charge is -2.14. The summed E-state index contributed by atoms with van der Waals surface area (Å²) in [6, 6.07) is 3.75. The van der Waals surface area contributed by atoms with Crippen LogP contribution in [-0.2, 0) is 0 Å². The number of anilines is 1. The summed E-state index contributed by atoms with van der Waals surface area (Å²) in [5, 5.41) is 6.21. The molecule has 2 rings (SSSR count). The van der Waals surface area contributed by atoms with Gasteiger partial charge in [0.15, 0.2) is 0 Å². The van der Waals surface area contributed by atoms with Crippen LogP contribution in [0, 0.1) is 0 Å². The Morgan fingerprint density at radius 1 is 1.47 bits per heavy atom. The van der Waals surface area contributed by atoms with Gasteiger partial charge in [0.25, 0.3) is 0 Å². The number of rotatable bonds is 4. The van der Waals surface area contributed by atoms with Crippen LogP contribution in [0.25, 0.3) is 0 Å². The van der Waals surface area contributed by atoms with E-state index < -0.39 is 0 Å². The second-order valence-electron chi connectivity index (χ2n) is 3.50. The largest absolute Gasteiger partial charge is 0.389 e. The van der Waals surface area contributed by atoms with E-state index >= 15 is 0 Å². The molecule has 0 aliphatic rings. The lowest BCUT2D eigenvalue weighted by Crippen LogP contribution is -2.16. The molecule has 0 saturated carbocycles. The molecule has 88 valence electrons. The fourth-order valence-electron chi connectivity index (χ4n) is 1.43. The van der Waals surface area contributed by atoms with Crippen molar-refractivity contribution in [3.63, 3.8) is 0 Å². The first-order chi connectivity index (χ1) is 8.18. The number of hydrogen-bond donors (Lipinski definition) is 2. The first kappa shape index (κ1) is 11.9. The van der Waals surface area contributed by atoms with E-state index in [2.05, 4.69) is 15.3 Å². The lowest BCUT2D eigenvalue weighted by molar-refractivity contribution is 0.860. The number of thiazole rings is 1. The second-order valence-corrected chi connectivity index (χ2v) is 4.87. The van der Waals surface area contributed by atoms with Gasteiger partial charge in [-0.1, -0.05) is 12.2 Å². The van der Waals surface area contributed by atoms with E-state index in [4.69, 9.17) is 18.0 Å². The van der Waals surface area contributed by atoms with Gasteiger partial charge in [0.2, 0.25) is 0 Å². The minimum Gasteiger partial charge on any atom is -0.389 e. The summed E-state index contributed by atoms with van der Waals surface area (Å²) in [6.07, 6.45) is 3.49. The molecule has 0 spiro atoms. The zero-order chi connectivity index (χ0) is 12.3. The maximum Gasteiger partial charge on any atom is 0.136 e. The van der Waals surface area contributed by atoms with Crippen molar-refractivity contribution in [2.45, 2.75) is 13.0 Å². The van der Waals surface area contributed by atoms with Crippen LogP contribution in [0.1, 0.15) is 23.5 Å². The highest BCUT2D eigenvalue weighted by molar-refractivity contribution is 7.80. The Bertz CT molecular complexity index is 510. The van der Waals surface area contributed by atoms with Crippen LogP contribution >= 0.6 is 23.6 Å². The Morgan fingerprint density at radius 2 is 2.29 bits per heavy atom. The third-order valence-electron chi connectivity index (χ3n) is 2.25. The molecule has 0 saturated heterocycles. The van der Waals surface area contributed by atoms with Crippen LogP contribution in [0.4, 0.5) is 5.82 Å².